The van der Waals surface area contributed by atoms with Crippen molar-refractivity contribution in [3.05, 3.63) is 70.7 Å². The summed E-state index contributed by atoms with van der Waals surface area (Å²) >= 11 is 5.99. The number of benzene rings is 2. The minimum absolute atomic E-state index is 0.0357. The Bertz CT molecular complexity index is 586. The highest BCUT2D eigenvalue weighted by molar-refractivity contribution is 6.30. The molecule has 0 unspecified atom stereocenters. The molecular weight excluding hydrogens is 272 g/mol. The van der Waals surface area contributed by atoms with Crippen LogP contribution in [0.4, 0.5) is 0 Å². The molecule has 0 heterocycles. The number of carbonyl (C=O) groups is 1. The molecule has 2 rings (SSSR count). The predicted molar refractivity (Wildman–Crippen MR) is 81.4 cm³/mol. The molecule has 3 N–H and O–H groups in total. The van der Waals surface area contributed by atoms with E-state index >= 15 is 0 Å². The Morgan fingerprint density at radius 3 is 2.35 bits per heavy atom. The van der Waals surface area contributed by atoms with Crippen LogP contribution in [-0.4, -0.2) is 5.91 Å². The van der Waals surface area contributed by atoms with Gasteiger partial charge in [-0.25, -0.2) is 0 Å². The van der Waals surface area contributed by atoms with Gasteiger partial charge in [-0.2, -0.15) is 0 Å². The van der Waals surface area contributed by atoms with E-state index in [9.17, 15) is 4.79 Å². The van der Waals surface area contributed by atoms with Gasteiger partial charge >= 0.3 is 0 Å². The van der Waals surface area contributed by atoms with Crippen molar-refractivity contribution < 1.29 is 4.79 Å². The van der Waals surface area contributed by atoms with Crippen molar-refractivity contribution in [1.29, 1.82) is 0 Å². The number of halogens is 1. The number of primary amides is 1. The van der Waals surface area contributed by atoms with E-state index in [0.717, 1.165) is 11.1 Å². The van der Waals surface area contributed by atoms with Gasteiger partial charge in [0.15, 0.2) is 0 Å². The highest BCUT2D eigenvalue weighted by Gasteiger charge is 2.20. The molecule has 2 aromatic rings. The lowest BCUT2D eigenvalue weighted by atomic mass is 10.0. The van der Waals surface area contributed by atoms with Gasteiger partial charge in [0, 0.05) is 11.1 Å². The molecule has 1 amide bonds. The van der Waals surface area contributed by atoms with Gasteiger partial charge < -0.3 is 5.73 Å². The third-order valence-corrected chi connectivity index (χ3v) is 3.42. The molecule has 0 saturated carbocycles. The maximum Gasteiger partial charge on any atom is 0.239 e. The van der Waals surface area contributed by atoms with Crippen molar-refractivity contribution in [2.75, 3.05) is 0 Å². The molecule has 0 aliphatic rings. The van der Waals surface area contributed by atoms with Crippen molar-refractivity contribution in [3.63, 3.8) is 0 Å². The molecule has 20 heavy (non-hydrogen) atoms. The Balaban J connectivity index is 2.19. The number of hydrogen-bond acceptors (Lipinski definition) is 2. The number of amides is 1. The van der Waals surface area contributed by atoms with Crippen LogP contribution >= 0.6 is 11.6 Å². The van der Waals surface area contributed by atoms with Gasteiger partial charge in [-0.15, -0.1) is 0 Å². The van der Waals surface area contributed by atoms with Crippen molar-refractivity contribution in [2.45, 2.75) is 19.0 Å². The quantitative estimate of drug-likeness (QED) is 0.887. The fourth-order valence-corrected chi connectivity index (χ4v) is 2.31. The molecule has 2 aromatic carbocycles. The van der Waals surface area contributed by atoms with E-state index in [1.165, 1.54) is 0 Å². The average molecular weight is 289 g/mol. The lowest BCUT2D eigenvalue weighted by molar-refractivity contribution is -0.120. The first-order chi connectivity index (χ1) is 9.58. The lowest BCUT2D eigenvalue weighted by Crippen LogP contribution is -2.35. The first-order valence-corrected chi connectivity index (χ1v) is 6.81. The Kier molecular flexibility index (Phi) is 4.77. The monoisotopic (exact) mass is 288 g/mol. The normalized spacial score (nSPS) is 13.7. The van der Waals surface area contributed by atoms with Crippen LogP contribution in [0.1, 0.15) is 30.1 Å². The Morgan fingerprint density at radius 2 is 1.75 bits per heavy atom. The number of hydrogen-bond donors (Lipinski definition) is 2. The zero-order valence-corrected chi connectivity index (χ0v) is 12.0. The summed E-state index contributed by atoms with van der Waals surface area (Å²) in [5.74, 6) is -0.398. The summed E-state index contributed by atoms with van der Waals surface area (Å²) in [6.45, 7) is 1.98. The fourth-order valence-electron chi connectivity index (χ4n) is 2.11. The molecule has 0 saturated heterocycles. The van der Waals surface area contributed by atoms with Crippen molar-refractivity contribution in [2.24, 2.45) is 5.73 Å². The van der Waals surface area contributed by atoms with E-state index in [0.29, 0.717) is 5.02 Å². The Labute approximate surface area is 123 Å². The zero-order valence-electron chi connectivity index (χ0n) is 11.2. The number of nitrogens with one attached hydrogen (secondary N) is 1. The molecule has 0 aliphatic carbocycles. The number of nitrogens with two attached hydrogens (primary N) is 1. The molecular formula is C16H17ClN2O. The van der Waals surface area contributed by atoms with Crippen LogP contribution in [0.5, 0.6) is 0 Å². The topological polar surface area (TPSA) is 55.1 Å². The maximum absolute atomic E-state index is 11.7. The van der Waals surface area contributed by atoms with E-state index in [1.807, 2.05) is 61.5 Å². The molecule has 0 aliphatic heterocycles. The molecule has 0 bridgehead atoms. The van der Waals surface area contributed by atoms with Crippen LogP contribution in [0, 0.1) is 0 Å². The third-order valence-electron chi connectivity index (χ3n) is 3.18. The van der Waals surface area contributed by atoms with Crippen molar-refractivity contribution >= 4 is 17.5 Å². The smallest absolute Gasteiger partial charge is 0.239 e. The van der Waals surface area contributed by atoms with Gasteiger partial charge in [-0.3, -0.25) is 10.1 Å². The van der Waals surface area contributed by atoms with Crippen molar-refractivity contribution in [1.82, 2.24) is 5.32 Å². The van der Waals surface area contributed by atoms with Crippen LogP contribution in [0.15, 0.2) is 54.6 Å². The average Bonchev–Trinajstić information content (AvgIpc) is 2.45. The number of rotatable bonds is 5. The van der Waals surface area contributed by atoms with E-state index in [1.54, 1.807) is 0 Å². The minimum atomic E-state index is -0.523. The Hall–Kier alpha value is -1.84. The van der Waals surface area contributed by atoms with Gasteiger partial charge in [0.1, 0.15) is 6.04 Å². The maximum atomic E-state index is 11.7. The molecule has 4 heteroatoms. The van der Waals surface area contributed by atoms with Gasteiger partial charge in [0.25, 0.3) is 0 Å². The van der Waals surface area contributed by atoms with Crippen molar-refractivity contribution in [3.8, 4) is 0 Å². The summed E-state index contributed by atoms with van der Waals surface area (Å²) in [5.41, 5.74) is 7.37. The lowest BCUT2D eigenvalue weighted by Gasteiger charge is -2.21. The summed E-state index contributed by atoms with van der Waals surface area (Å²) in [6, 6.07) is 16.4. The Morgan fingerprint density at radius 1 is 1.10 bits per heavy atom. The second-order valence-corrected chi connectivity index (χ2v) is 5.13. The van der Waals surface area contributed by atoms with E-state index in [-0.39, 0.29) is 6.04 Å². The standard InChI is InChI=1S/C16H17ClN2O/c1-11(13-8-5-9-14(17)10-13)19-15(16(18)20)12-6-3-2-4-7-12/h2-11,15,19H,1H3,(H2,18,20)/t11-,15-/m1/s1. The predicted octanol–water partition coefficient (Wildman–Crippen LogP) is 3.22. The molecule has 104 valence electrons. The largest absolute Gasteiger partial charge is 0.368 e. The first kappa shape index (κ1) is 14.6. The number of carbonyl (C=O) groups excluding carboxylic acids is 1. The molecule has 0 fully saturated rings. The summed E-state index contributed by atoms with van der Waals surface area (Å²) in [4.78, 5) is 11.7. The molecule has 0 radical (unpaired) electrons. The molecule has 0 aromatic heterocycles. The summed E-state index contributed by atoms with van der Waals surface area (Å²) < 4.78 is 0. The second kappa shape index (κ2) is 6.55. The third kappa shape index (κ3) is 3.59. The highest BCUT2D eigenvalue weighted by Crippen LogP contribution is 2.21. The minimum Gasteiger partial charge on any atom is -0.368 e. The molecule has 3 nitrogen and oxygen atoms in total. The van der Waals surface area contributed by atoms with Gasteiger partial charge in [-0.05, 0) is 30.2 Å². The highest BCUT2D eigenvalue weighted by atomic mass is 35.5. The second-order valence-electron chi connectivity index (χ2n) is 4.69. The van der Waals surface area contributed by atoms with E-state index in [4.69, 9.17) is 17.3 Å². The van der Waals surface area contributed by atoms with Gasteiger partial charge in [0.05, 0.1) is 0 Å². The summed E-state index contributed by atoms with van der Waals surface area (Å²) in [7, 11) is 0. The van der Waals surface area contributed by atoms with Gasteiger partial charge in [-0.1, -0.05) is 54.1 Å². The van der Waals surface area contributed by atoms with Crippen LogP contribution in [-0.2, 0) is 4.79 Å². The molecule has 0 spiro atoms. The SMILES string of the molecule is C[C@@H](N[C@@H](C(N)=O)c1ccccc1)c1cccc(Cl)c1. The zero-order chi connectivity index (χ0) is 14.5. The van der Waals surface area contributed by atoms with Crippen LogP contribution in [0.25, 0.3) is 0 Å². The van der Waals surface area contributed by atoms with E-state index in [2.05, 4.69) is 5.32 Å². The fraction of sp³-hybridized carbons (Fsp3) is 0.188. The summed E-state index contributed by atoms with van der Waals surface area (Å²) in [5, 5.41) is 3.92. The van der Waals surface area contributed by atoms with Crippen LogP contribution in [0.2, 0.25) is 5.02 Å². The van der Waals surface area contributed by atoms with Crippen LogP contribution < -0.4 is 11.1 Å². The summed E-state index contributed by atoms with van der Waals surface area (Å²) in [6.07, 6.45) is 0. The first-order valence-electron chi connectivity index (χ1n) is 6.43. The molecule has 2 atom stereocenters. The van der Waals surface area contributed by atoms with E-state index < -0.39 is 11.9 Å². The van der Waals surface area contributed by atoms with Gasteiger partial charge in [0.2, 0.25) is 5.91 Å². The van der Waals surface area contributed by atoms with Crippen LogP contribution in [0.3, 0.4) is 0 Å².